The summed E-state index contributed by atoms with van der Waals surface area (Å²) in [6.45, 7) is 2.53. The van der Waals surface area contributed by atoms with Crippen molar-refractivity contribution in [2.24, 2.45) is 0 Å². The highest BCUT2D eigenvalue weighted by Gasteiger charge is 2.17. The van der Waals surface area contributed by atoms with E-state index in [0.717, 1.165) is 29.2 Å². The molecule has 6 nitrogen and oxygen atoms in total. The van der Waals surface area contributed by atoms with E-state index >= 15 is 0 Å². The Balaban J connectivity index is 1.71. The number of hydrogen-bond donors (Lipinski definition) is 1. The zero-order chi connectivity index (χ0) is 22.7. The molecule has 0 bridgehead atoms. The Morgan fingerprint density at radius 1 is 1.03 bits per heavy atom. The van der Waals surface area contributed by atoms with Crippen LogP contribution in [0, 0.1) is 5.82 Å². The van der Waals surface area contributed by atoms with E-state index in [1.807, 2.05) is 30.3 Å². The molecule has 1 heterocycles. The monoisotopic (exact) mass is 432 g/mol. The van der Waals surface area contributed by atoms with Crippen molar-refractivity contribution in [2.75, 3.05) is 7.11 Å². The Kier molecular flexibility index (Phi) is 6.09. The van der Waals surface area contributed by atoms with Gasteiger partial charge >= 0.3 is 5.97 Å². The number of hydrogen-bond acceptors (Lipinski definition) is 5. The third-order valence-corrected chi connectivity index (χ3v) is 5.22. The van der Waals surface area contributed by atoms with Crippen molar-refractivity contribution in [2.45, 2.75) is 20.0 Å². The van der Waals surface area contributed by atoms with Gasteiger partial charge in [-0.1, -0.05) is 42.4 Å². The average Bonchev–Trinajstić information content (AvgIpc) is 3.29. The van der Waals surface area contributed by atoms with Gasteiger partial charge in [-0.3, -0.25) is 0 Å². The van der Waals surface area contributed by atoms with Crippen LogP contribution in [0.1, 0.15) is 28.4 Å². The van der Waals surface area contributed by atoms with Crippen LogP contribution in [0.25, 0.3) is 34.0 Å². The third-order valence-electron chi connectivity index (χ3n) is 5.22. The Labute approximate surface area is 184 Å². The quantitative estimate of drug-likeness (QED) is 0.408. The van der Waals surface area contributed by atoms with Crippen molar-refractivity contribution in [3.8, 4) is 34.0 Å². The standard InChI is InChI=1S/C25H21FN2O4/c1-3-15-6-4-5-7-19(15)20-10-9-17(12-18(20)14-31-2)24-27-23(28-32-24)16-8-11-21(25(29)30)22(26)13-16/h4-13H,3,14H2,1-2H3,(H,29,30). The van der Waals surface area contributed by atoms with Crippen LogP contribution in [0.5, 0.6) is 0 Å². The summed E-state index contributed by atoms with van der Waals surface area (Å²) in [4.78, 5) is 15.4. The highest BCUT2D eigenvalue weighted by molar-refractivity contribution is 5.88. The second-order valence-corrected chi connectivity index (χ2v) is 7.24. The lowest BCUT2D eigenvalue weighted by Crippen LogP contribution is -2.00. The summed E-state index contributed by atoms with van der Waals surface area (Å²) in [5, 5.41) is 12.9. The maximum atomic E-state index is 14.0. The molecule has 0 radical (unpaired) electrons. The van der Waals surface area contributed by atoms with Gasteiger partial charge in [0.2, 0.25) is 5.82 Å². The maximum absolute atomic E-state index is 14.0. The predicted octanol–water partition coefficient (Wildman–Crippen LogP) is 5.62. The number of aromatic carboxylic acids is 1. The molecule has 4 rings (SSSR count). The SMILES string of the molecule is CCc1ccccc1-c1ccc(-c2nc(-c3ccc(C(=O)O)c(F)c3)no2)cc1COC. The van der Waals surface area contributed by atoms with E-state index in [1.165, 1.54) is 17.7 Å². The fourth-order valence-electron chi connectivity index (χ4n) is 3.64. The topological polar surface area (TPSA) is 85.5 Å². The van der Waals surface area contributed by atoms with E-state index in [-0.39, 0.29) is 11.7 Å². The average molecular weight is 432 g/mol. The van der Waals surface area contributed by atoms with E-state index in [0.29, 0.717) is 17.7 Å². The number of ether oxygens (including phenoxy) is 1. The zero-order valence-electron chi connectivity index (χ0n) is 17.6. The summed E-state index contributed by atoms with van der Waals surface area (Å²) in [5.41, 5.74) is 5.05. The highest BCUT2D eigenvalue weighted by Crippen LogP contribution is 2.32. The molecule has 4 aromatic rings. The summed E-state index contributed by atoms with van der Waals surface area (Å²) >= 11 is 0. The summed E-state index contributed by atoms with van der Waals surface area (Å²) in [5.74, 6) is -1.75. The van der Waals surface area contributed by atoms with E-state index in [2.05, 4.69) is 29.2 Å². The van der Waals surface area contributed by atoms with Crippen molar-refractivity contribution in [1.82, 2.24) is 10.1 Å². The second kappa shape index (κ2) is 9.11. The third kappa shape index (κ3) is 4.15. The molecule has 0 aliphatic rings. The highest BCUT2D eigenvalue weighted by atomic mass is 19.1. The van der Waals surface area contributed by atoms with Crippen LogP contribution in [0.4, 0.5) is 4.39 Å². The number of halogens is 1. The van der Waals surface area contributed by atoms with Crippen molar-refractivity contribution in [3.05, 3.63) is 83.2 Å². The van der Waals surface area contributed by atoms with Gasteiger partial charge in [-0.25, -0.2) is 9.18 Å². The van der Waals surface area contributed by atoms with Gasteiger partial charge in [-0.15, -0.1) is 0 Å². The largest absolute Gasteiger partial charge is 0.478 e. The van der Waals surface area contributed by atoms with Gasteiger partial charge in [0.05, 0.1) is 12.2 Å². The van der Waals surface area contributed by atoms with Crippen LogP contribution in [0.2, 0.25) is 0 Å². The molecule has 0 saturated carbocycles. The molecule has 0 spiro atoms. The number of benzene rings is 3. The first-order chi connectivity index (χ1) is 15.5. The van der Waals surface area contributed by atoms with Crippen LogP contribution in [0.15, 0.2) is 65.2 Å². The summed E-state index contributed by atoms with van der Waals surface area (Å²) in [6, 6.07) is 17.8. The Morgan fingerprint density at radius 2 is 1.78 bits per heavy atom. The number of rotatable bonds is 7. The van der Waals surface area contributed by atoms with Crippen molar-refractivity contribution >= 4 is 5.97 Å². The molecule has 1 N–H and O–H groups in total. The van der Waals surface area contributed by atoms with Crippen LogP contribution >= 0.6 is 0 Å². The van der Waals surface area contributed by atoms with Gasteiger partial charge in [0.25, 0.3) is 5.89 Å². The molecule has 7 heteroatoms. The summed E-state index contributed by atoms with van der Waals surface area (Å²) < 4.78 is 24.9. The molecule has 0 saturated heterocycles. The lowest BCUT2D eigenvalue weighted by Gasteiger charge is -2.13. The van der Waals surface area contributed by atoms with E-state index < -0.39 is 17.3 Å². The minimum atomic E-state index is -1.33. The molecular weight excluding hydrogens is 411 g/mol. The molecule has 1 aromatic heterocycles. The summed E-state index contributed by atoms with van der Waals surface area (Å²) in [6.07, 6.45) is 0.911. The fraction of sp³-hybridized carbons (Fsp3) is 0.160. The minimum Gasteiger partial charge on any atom is -0.478 e. The first-order valence-electron chi connectivity index (χ1n) is 10.1. The van der Waals surface area contributed by atoms with Crippen LogP contribution in [-0.4, -0.2) is 28.3 Å². The van der Waals surface area contributed by atoms with Gasteiger partial charge in [0.15, 0.2) is 0 Å². The molecule has 0 atom stereocenters. The number of aromatic nitrogens is 2. The van der Waals surface area contributed by atoms with Crippen LogP contribution in [0.3, 0.4) is 0 Å². The lowest BCUT2D eigenvalue weighted by molar-refractivity contribution is 0.0692. The molecular formula is C25H21FN2O4. The van der Waals surface area contributed by atoms with Crippen molar-refractivity contribution in [1.29, 1.82) is 0 Å². The lowest BCUT2D eigenvalue weighted by atomic mass is 9.93. The molecule has 0 aliphatic carbocycles. The molecule has 0 amide bonds. The number of carbonyl (C=O) groups is 1. The normalized spacial score (nSPS) is 11.0. The van der Waals surface area contributed by atoms with Gasteiger partial charge in [0.1, 0.15) is 5.82 Å². The predicted molar refractivity (Wildman–Crippen MR) is 118 cm³/mol. The minimum absolute atomic E-state index is 0.171. The van der Waals surface area contributed by atoms with E-state index in [4.69, 9.17) is 14.4 Å². The molecule has 0 fully saturated rings. The molecule has 0 aliphatic heterocycles. The zero-order valence-corrected chi connectivity index (χ0v) is 17.6. The fourth-order valence-corrected chi connectivity index (χ4v) is 3.64. The smallest absolute Gasteiger partial charge is 0.338 e. The van der Waals surface area contributed by atoms with Crippen molar-refractivity contribution < 1.29 is 23.6 Å². The first kappa shape index (κ1) is 21.4. The Morgan fingerprint density at radius 3 is 2.50 bits per heavy atom. The Bertz CT molecular complexity index is 1280. The number of nitrogens with zero attached hydrogens (tertiary/aromatic N) is 2. The van der Waals surface area contributed by atoms with Gasteiger partial charge in [-0.05, 0) is 59.0 Å². The first-order valence-corrected chi connectivity index (χ1v) is 10.1. The number of aryl methyl sites for hydroxylation is 1. The molecule has 0 unspecified atom stereocenters. The Hall–Kier alpha value is -3.84. The van der Waals surface area contributed by atoms with Gasteiger partial charge < -0.3 is 14.4 Å². The number of carboxylic acid groups (broad SMARTS) is 1. The molecule has 3 aromatic carbocycles. The second-order valence-electron chi connectivity index (χ2n) is 7.24. The number of methoxy groups -OCH3 is 1. The van der Waals surface area contributed by atoms with Gasteiger partial charge in [-0.2, -0.15) is 4.98 Å². The van der Waals surface area contributed by atoms with Gasteiger partial charge in [0, 0.05) is 18.2 Å². The van der Waals surface area contributed by atoms with Crippen LogP contribution in [-0.2, 0) is 17.8 Å². The molecule has 162 valence electrons. The summed E-state index contributed by atoms with van der Waals surface area (Å²) in [7, 11) is 1.64. The van der Waals surface area contributed by atoms with E-state index in [1.54, 1.807) is 7.11 Å². The number of carboxylic acids is 1. The maximum Gasteiger partial charge on any atom is 0.338 e. The van der Waals surface area contributed by atoms with Crippen LogP contribution < -0.4 is 0 Å². The molecule has 32 heavy (non-hydrogen) atoms. The van der Waals surface area contributed by atoms with Crippen molar-refractivity contribution in [3.63, 3.8) is 0 Å². The van der Waals surface area contributed by atoms with E-state index in [9.17, 15) is 9.18 Å².